The Morgan fingerprint density at radius 1 is 1.33 bits per heavy atom. The van der Waals surface area contributed by atoms with Crippen LogP contribution in [-0.4, -0.2) is 36.8 Å². The molecule has 1 saturated heterocycles. The third kappa shape index (κ3) is 2.28. The first-order valence-electron chi connectivity index (χ1n) is 7.38. The molecule has 4 nitrogen and oxygen atoms in total. The lowest BCUT2D eigenvalue weighted by Gasteiger charge is -2.23. The van der Waals surface area contributed by atoms with Gasteiger partial charge in [0, 0.05) is 18.4 Å². The summed E-state index contributed by atoms with van der Waals surface area (Å²) in [5, 5.41) is 16.2. The van der Waals surface area contributed by atoms with Gasteiger partial charge in [-0.05, 0) is 50.6 Å². The molecule has 18 heavy (non-hydrogen) atoms. The zero-order valence-electron chi connectivity index (χ0n) is 11.0. The van der Waals surface area contributed by atoms with E-state index in [9.17, 15) is 9.90 Å². The van der Waals surface area contributed by atoms with Crippen molar-refractivity contribution in [1.29, 1.82) is 0 Å². The summed E-state index contributed by atoms with van der Waals surface area (Å²) in [6.45, 7) is 2.79. The number of aliphatic hydroxyl groups excluding tert-OH is 1. The third-order valence-corrected chi connectivity index (χ3v) is 5.26. The monoisotopic (exact) mass is 252 g/mol. The van der Waals surface area contributed by atoms with Gasteiger partial charge in [-0.1, -0.05) is 6.42 Å². The Bertz CT molecular complexity index is 326. The largest absolute Gasteiger partial charge is 0.393 e. The van der Waals surface area contributed by atoms with Crippen molar-refractivity contribution in [3.8, 4) is 0 Å². The van der Waals surface area contributed by atoms with Crippen LogP contribution in [0.2, 0.25) is 0 Å². The van der Waals surface area contributed by atoms with Crippen molar-refractivity contribution in [2.75, 3.05) is 19.6 Å². The second kappa shape index (κ2) is 4.82. The summed E-state index contributed by atoms with van der Waals surface area (Å²) in [4.78, 5) is 12.1. The van der Waals surface area contributed by atoms with E-state index in [1.165, 1.54) is 0 Å². The third-order valence-electron chi connectivity index (χ3n) is 5.26. The lowest BCUT2D eigenvalue weighted by atomic mass is 9.91. The van der Waals surface area contributed by atoms with Crippen molar-refractivity contribution >= 4 is 5.91 Å². The highest BCUT2D eigenvalue weighted by molar-refractivity contribution is 5.82. The molecule has 1 spiro atoms. The average molecular weight is 252 g/mol. The molecule has 2 saturated carbocycles. The molecule has 1 heterocycles. The summed E-state index contributed by atoms with van der Waals surface area (Å²) in [7, 11) is 0. The van der Waals surface area contributed by atoms with Gasteiger partial charge < -0.3 is 15.7 Å². The van der Waals surface area contributed by atoms with E-state index >= 15 is 0 Å². The quantitative estimate of drug-likeness (QED) is 0.691. The van der Waals surface area contributed by atoms with Crippen LogP contribution in [-0.2, 0) is 4.79 Å². The predicted octanol–water partition coefficient (Wildman–Crippen LogP) is 0.653. The van der Waals surface area contributed by atoms with E-state index in [2.05, 4.69) is 10.6 Å². The standard InChI is InChI=1S/C14H24N2O2/c17-12-3-1-2-10(12)9-16-13(18)11-8-14(11)4-6-15-7-5-14/h10-12,15,17H,1-9H2,(H,16,18). The topological polar surface area (TPSA) is 61.4 Å². The lowest BCUT2D eigenvalue weighted by molar-refractivity contribution is -0.123. The molecule has 4 heteroatoms. The molecule has 0 aromatic carbocycles. The van der Waals surface area contributed by atoms with Gasteiger partial charge in [-0.15, -0.1) is 0 Å². The first kappa shape index (κ1) is 12.4. The van der Waals surface area contributed by atoms with Gasteiger partial charge >= 0.3 is 0 Å². The number of nitrogens with one attached hydrogen (secondary N) is 2. The van der Waals surface area contributed by atoms with Gasteiger partial charge in [-0.3, -0.25) is 4.79 Å². The fourth-order valence-electron chi connectivity index (χ4n) is 3.81. The number of piperidine rings is 1. The van der Waals surface area contributed by atoms with E-state index in [0.717, 1.165) is 51.6 Å². The molecule has 3 fully saturated rings. The molecule has 3 rings (SSSR count). The van der Waals surface area contributed by atoms with Gasteiger partial charge in [0.15, 0.2) is 0 Å². The molecule has 0 bridgehead atoms. The normalized spacial score (nSPS) is 37.7. The fourth-order valence-corrected chi connectivity index (χ4v) is 3.81. The SMILES string of the molecule is O=C(NCC1CCCC1O)C1CC12CCNCC2. The number of amides is 1. The zero-order valence-corrected chi connectivity index (χ0v) is 11.0. The van der Waals surface area contributed by atoms with E-state index in [-0.39, 0.29) is 23.8 Å². The van der Waals surface area contributed by atoms with Crippen molar-refractivity contribution in [2.45, 2.75) is 44.6 Å². The van der Waals surface area contributed by atoms with Crippen LogP contribution in [0.1, 0.15) is 38.5 Å². The molecule has 3 N–H and O–H groups in total. The van der Waals surface area contributed by atoms with Crippen LogP contribution in [0.4, 0.5) is 0 Å². The van der Waals surface area contributed by atoms with Crippen molar-refractivity contribution in [3.05, 3.63) is 0 Å². The van der Waals surface area contributed by atoms with Crippen molar-refractivity contribution < 1.29 is 9.90 Å². The second-order valence-electron chi connectivity index (χ2n) is 6.37. The molecule has 1 amide bonds. The minimum Gasteiger partial charge on any atom is -0.393 e. The van der Waals surface area contributed by atoms with Crippen molar-refractivity contribution in [2.24, 2.45) is 17.3 Å². The van der Waals surface area contributed by atoms with Crippen molar-refractivity contribution in [1.82, 2.24) is 10.6 Å². The van der Waals surface area contributed by atoms with Crippen LogP contribution in [0.5, 0.6) is 0 Å². The predicted molar refractivity (Wildman–Crippen MR) is 69.0 cm³/mol. The Kier molecular flexibility index (Phi) is 3.32. The minimum atomic E-state index is -0.197. The molecule has 0 aromatic rings. The Morgan fingerprint density at radius 3 is 2.78 bits per heavy atom. The molecular formula is C14H24N2O2. The van der Waals surface area contributed by atoms with Crippen LogP contribution in [0.25, 0.3) is 0 Å². The number of hydrogen-bond donors (Lipinski definition) is 3. The number of carbonyl (C=O) groups is 1. The lowest BCUT2D eigenvalue weighted by Crippen LogP contribution is -2.36. The van der Waals surface area contributed by atoms with Gasteiger partial charge in [0.25, 0.3) is 0 Å². The second-order valence-corrected chi connectivity index (χ2v) is 6.37. The Hall–Kier alpha value is -0.610. The first-order chi connectivity index (χ1) is 8.71. The highest BCUT2D eigenvalue weighted by atomic mass is 16.3. The molecule has 1 aliphatic heterocycles. The molecule has 2 aliphatic carbocycles. The van der Waals surface area contributed by atoms with E-state index < -0.39 is 0 Å². The molecule has 102 valence electrons. The molecule has 0 aromatic heterocycles. The maximum Gasteiger partial charge on any atom is 0.223 e. The Morgan fingerprint density at radius 2 is 2.11 bits per heavy atom. The molecule has 3 atom stereocenters. The summed E-state index contributed by atoms with van der Waals surface area (Å²) < 4.78 is 0. The molecule has 3 aliphatic rings. The highest BCUT2D eigenvalue weighted by Crippen LogP contribution is 2.58. The average Bonchev–Trinajstić information content (AvgIpc) is 2.90. The summed E-state index contributed by atoms with van der Waals surface area (Å²) in [5.74, 6) is 0.769. The van der Waals surface area contributed by atoms with E-state index in [4.69, 9.17) is 0 Å². The van der Waals surface area contributed by atoms with E-state index in [0.29, 0.717) is 12.0 Å². The fraction of sp³-hybridized carbons (Fsp3) is 0.929. The number of hydrogen-bond acceptors (Lipinski definition) is 3. The van der Waals surface area contributed by atoms with E-state index in [1.54, 1.807) is 0 Å². The Labute approximate surface area is 109 Å². The van der Waals surface area contributed by atoms with Gasteiger partial charge in [0.2, 0.25) is 5.91 Å². The molecule has 3 unspecified atom stereocenters. The molecule has 0 radical (unpaired) electrons. The number of rotatable bonds is 3. The van der Waals surface area contributed by atoms with Crippen LogP contribution < -0.4 is 10.6 Å². The summed E-state index contributed by atoms with van der Waals surface area (Å²) in [6.07, 6.45) is 6.24. The maximum absolute atomic E-state index is 12.1. The van der Waals surface area contributed by atoms with E-state index in [1.807, 2.05) is 0 Å². The minimum absolute atomic E-state index is 0.197. The summed E-state index contributed by atoms with van der Waals surface area (Å²) in [5.41, 5.74) is 0.323. The van der Waals surface area contributed by atoms with Crippen molar-refractivity contribution in [3.63, 3.8) is 0 Å². The summed E-state index contributed by atoms with van der Waals surface area (Å²) in [6, 6.07) is 0. The number of aliphatic hydroxyl groups is 1. The van der Waals surface area contributed by atoms with Crippen LogP contribution >= 0.6 is 0 Å². The van der Waals surface area contributed by atoms with Crippen LogP contribution in [0.15, 0.2) is 0 Å². The molecular weight excluding hydrogens is 228 g/mol. The van der Waals surface area contributed by atoms with Crippen LogP contribution in [0.3, 0.4) is 0 Å². The van der Waals surface area contributed by atoms with Gasteiger partial charge in [0.05, 0.1) is 6.10 Å². The Balaban J connectivity index is 1.45. The van der Waals surface area contributed by atoms with Gasteiger partial charge in [-0.25, -0.2) is 0 Å². The maximum atomic E-state index is 12.1. The number of carbonyl (C=O) groups excluding carboxylic acids is 1. The smallest absolute Gasteiger partial charge is 0.223 e. The highest BCUT2D eigenvalue weighted by Gasteiger charge is 2.57. The summed E-state index contributed by atoms with van der Waals surface area (Å²) >= 11 is 0. The first-order valence-corrected chi connectivity index (χ1v) is 7.38. The van der Waals surface area contributed by atoms with Crippen LogP contribution in [0, 0.1) is 17.3 Å². The van der Waals surface area contributed by atoms with Gasteiger partial charge in [-0.2, -0.15) is 0 Å². The van der Waals surface area contributed by atoms with Gasteiger partial charge in [0.1, 0.15) is 0 Å². The zero-order chi connectivity index (χ0) is 12.6.